The first-order valence-electron chi connectivity index (χ1n) is 9.24. The Morgan fingerprint density at radius 3 is 2.82 bits per heavy atom. The summed E-state index contributed by atoms with van der Waals surface area (Å²) in [5.74, 6) is 1.95. The fourth-order valence-electron chi connectivity index (χ4n) is 4.32. The summed E-state index contributed by atoms with van der Waals surface area (Å²) in [6, 6.07) is 7.01. The lowest BCUT2D eigenvalue weighted by atomic mass is 10.2. The number of nitrogens with zero attached hydrogens (tertiary/aromatic N) is 9. The van der Waals surface area contributed by atoms with E-state index in [-0.39, 0.29) is 0 Å². The molecule has 0 N–H and O–H groups in total. The van der Waals surface area contributed by atoms with Crippen LogP contribution in [-0.4, -0.2) is 58.7 Å². The van der Waals surface area contributed by atoms with Crippen molar-refractivity contribution in [2.24, 2.45) is 0 Å². The zero-order valence-electron chi connectivity index (χ0n) is 15.0. The zero-order chi connectivity index (χ0) is 18.5. The Bertz CT molecular complexity index is 1130. The van der Waals surface area contributed by atoms with Crippen molar-refractivity contribution in [3.05, 3.63) is 48.7 Å². The molecule has 2 aliphatic rings. The molecule has 0 spiro atoms. The highest BCUT2D eigenvalue weighted by molar-refractivity contribution is 7.00. The Morgan fingerprint density at radius 2 is 1.96 bits per heavy atom. The minimum absolute atomic E-state index is 0.404. The smallest absolute Gasteiger partial charge is 0.198 e. The molecule has 0 saturated carbocycles. The number of piperazine rings is 1. The molecule has 28 heavy (non-hydrogen) atoms. The van der Waals surface area contributed by atoms with Crippen LogP contribution in [0.25, 0.3) is 11.2 Å². The molecule has 0 aromatic carbocycles. The van der Waals surface area contributed by atoms with Crippen LogP contribution in [0.1, 0.15) is 12.0 Å². The van der Waals surface area contributed by atoms with Gasteiger partial charge in [0.2, 0.25) is 0 Å². The van der Waals surface area contributed by atoms with Crippen molar-refractivity contribution in [2.75, 3.05) is 22.9 Å². The molecule has 6 heterocycles. The zero-order valence-corrected chi connectivity index (χ0v) is 15.8. The van der Waals surface area contributed by atoms with Gasteiger partial charge in [0.05, 0.1) is 30.4 Å². The average molecular weight is 391 g/mol. The predicted molar refractivity (Wildman–Crippen MR) is 105 cm³/mol. The van der Waals surface area contributed by atoms with Crippen LogP contribution < -0.4 is 9.80 Å². The van der Waals surface area contributed by atoms with E-state index in [1.165, 1.54) is 17.3 Å². The first kappa shape index (κ1) is 15.9. The van der Waals surface area contributed by atoms with Gasteiger partial charge in [0.25, 0.3) is 0 Å². The normalized spacial score (nSPS) is 21.1. The molecule has 2 saturated heterocycles. The first-order chi connectivity index (χ1) is 13.8. The number of hydrogen-bond acceptors (Lipinski definition) is 9. The molecule has 0 amide bonds. The maximum absolute atomic E-state index is 4.64. The number of pyridine rings is 1. The van der Waals surface area contributed by atoms with Crippen molar-refractivity contribution >= 4 is 34.5 Å². The molecule has 6 rings (SSSR count). The monoisotopic (exact) mass is 391 g/mol. The Labute approximate surface area is 165 Å². The van der Waals surface area contributed by atoms with Crippen molar-refractivity contribution in [3.8, 4) is 0 Å². The summed E-state index contributed by atoms with van der Waals surface area (Å²) in [5, 5.41) is 4.29. The van der Waals surface area contributed by atoms with Crippen LogP contribution in [-0.2, 0) is 6.54 Å². The third-order valence-electron chi connectivity index (χ3n) is 5.56. The topological polar surface area (TPSA) is 88.8 Å². The van der Waals surface area contributed by atoms with Gasteiger partial charge in [0.15, 0.2) is 17.0 Å². The van der Waals surface area contributed by atoms with Crippen LogP contribution in [0, 0.1) is 0 Å². The molecule has 2 aliphatic heterocycles. The number of rotatable bonds is 4. The summed E-state index contributed by atoms with van der Waals surface area (Å²) in [6.07, 6.45) is 8.37. The van der Waals surface area contributed by atoms with Crippen LogP contribution in [0.15, 0.2) is 43.1 Å². The van der Waals surface area contributed by atoms with Crippen LogP contribution in [0.3, 0.4) is 0 Å². The Hall–Kier alpha value is -3.14. The second kappa shape index (κ2) is 6.20. The summed E-state index contributed by atoms with van der Waals surface area (Å²) in [7, 11) is 0. The molecule has 4 aromatic rings. The van der Waals surface area contributed by atoms with E-state index in [0.29, 0.717) is 17.7 Å². The van der Waals surface area contributed by atoms with Gasteiger partial charge in [0.1, 0.15) is 12.1 Å². The van der Waals surface area contributed by atoms with Gasteiger partial charge in [0, 0.05) is 31.7 Å². The lowest BCUT2D eigenvalue weighted by molar-refractivity contribution is 0.634. The standard InChI is InChI=1S/C18H17N9S/c1-3-22-25(5-1)8-12-2-4-19-15(6-12)26-9-14-7-13(26)10-27(14)18-16-17(20-11-21-18)24-28-23-16/h1-6,11,13-14H,7-10H2/t13-,14-/m0/s1. The van der Waals surface area contributed by atoms with Crippen molar-refractivity contribution in [2.45, 2.75) is 25.0 Å². The Kier molecular flexibility index (Phi) is 3.51. The van der Waals surface area contributed by atoms with Crippen LogP contribution >= 0.6 is 11.7 Å². The van der Waals surface area contributed by atoms with Gasteiger partial charge >= 0.3 is 0 Å². The van der Waals surface area contributed by atoms with Gasteiger partial charge in [-0.3, -0.25) is 4.68 Å². The van der Waals surface area contributed by atoms with Crippen molar-refractivity contribution in [1.29, 1.82) is 0 Å². The molecule has 2 bridgehead atoms. The van der Waals surface area contributed by atoms with Gasteiger partial charge < -0.3 is 9.80 Å². The lowest BCUT2D eigenvalue weighted by Gasteiger charge is -2.35. The number of hydrogen-bond donors (Lipinski definition) is 0. The van der Waals surface area contributed by atoms with Gasteiger partial charge in [-0.1, -0.05) is 0 Å². The fourth-order valence-corrected chi connectivity index (χ4v) is 4.82. The van der Waals surface area contributed by atoms with Gasteiger partial charge in [-0.05, 0) is 30.2 Å². The highest BCUT2D eigenvalue weighted by Gasteiger charge is 2.45. The fraction of sp³-hybridized carbons (Fsp3) is 0.333. The van der Waals surface area contributed by atoms with E-state index < -0.39 is 0 Å². The highest BCUT2D eigenvalue weighted by Crippen LogP contribution is 2.37. The number of aromatic nitrogens is 7. The molecule has 2 fully saturated rings. The van der Waals surface area contributed by atoms with Crippen molar-refractivity contribution < 1.29 is 0 Å². The van der Waals surface area contributed by atoms with Gasteiger partial charge in [-0.2, -0.15) is 13.8 Å². The molecule has 0 unspecified atom stereocenters. The maximum atomic E-state index is 4.64. The molecule has 0 aliphatic carbocycles. The van der Waals surface area contributed by atoms with Crippen LogP contribution in [0.5, 0.6) is 0 Å². The minimum Gasteiger partial charge on any atom is -0.350 e. The molecule has 10 heteroatoms. The van der Waals surface area contributed by atoms with E-state index in [0.717, 1.165) is 43.2 Å². The maximum Gasteiger partial charge on any atom is 0.198 e. The van der Waals surface area contributed by atoms with Gasteiger partial charge in [-0.25, -0.2) is 15.0 Å². The molecular formula is C18H17N9S. The van der Waals surface area contributed by atoms with Crippen LogP contribution in [0.4, 0.5) is 11.6 Å². The minimum atomic E-state index is 0.404. The lowest BCUT2D eigenvalue weighted by Crippen LogP contribution is -2.47. The van der Waals surface area contributed by atoms with Gasteiger partial charge in [-0.15, -0.1) is 0 Å². The quantitative estimate of drug-likeness (QED) is 0.518. The molecule has 9 nitrogen and oxygen atoms in total. The third-order valence-corrected chi connectivity index (χ3v) is 6.08. The summed E-state index contributed by atoms with van der Waals surface area (Å²) in [6.45, 7) is 2.61. The summed E-state index contributed by atoms with van der Waals surface area (Å²) in [4.78, 5) is 18.1. The van der Waals surface area contributed by atoms with E-state index in [1.54, 1.807) is 12.5 Å². The Balaban J connectivity index is 1.24. The second-order valence-electron chi connectivity index (χ2n) is 7.21. The molecular weight excluding hydrogens is 374 g/mol. The van der Waals surface area contributed by atoms with E-state index in [1.807, 2.05) is 23.1 Å². The SMILES string of the molecule is c1cnn(Cc2ccnc(N3C[C@@H]4C[C@H]3CN4c3ncnc4nsnc34)c2)c1. The second-order valence-corrected chi connectivity index (χ2v) is 7.74. The molecule has 140 valence electrons. The number of fused-ring (bicyclic) bond motifs is 3. The molecule has 4 aromatic heterocycles. The van der Waals surface area contributed by atoms with E-state index in [4.69, 9.17) is 0 Å². The highest BCUT2D eigenvalue weighted by atomic mass is 32.1. The van der Waals surface area contributed by atoms with Crippen LogP contribution in [0.2, 0.25) is 0 Å². The summed E-state index contributed by atoms with van der Waals surface area (Å²) < 4.78 is 10.6. The van der Waals surface area contributed by atoms with Crippen molar-refractivity contribution in [1.82, 2.24) is 33.5 Å². The number of anilines is 2. The Morgan fingerprint density at radius 1 is 1.04 bits per heavy atom. The first-order valence-corrected chi connectivity index (χ1v) is 9.97. The molecule has 0 radical (unpaired) electrons. The molecule has 2 atom stereocenters. The third kappa shape index (κ3) is 2.52. The van der Waals surface area contributed by atoms with E-state index in [2.05, 4.69) is 50.7 Å². The van der Waals surface area contributed by atoms with E-state index >= 15 is 0 Å². The predicted octanol–water partition coefficient (Wildman–Crippen LogP) is 1.59. The summed E-state index contributed by atoms with van der Waals surface area (Å²) >= 11 is 1.19. The largest absolute Gasteiger partial charge is 0.350 e. The van der Waals surface area contributed by atoms with Crippen molar-refractivity contribution in [3.63, 3.8) is 0 Å². The summed E-state index contributed by atoms with van der Waals surface area (Å²) in [5.41, 5.74) is 2.70. The average Bonchev–Trinajstić information content (AvgIpc) is 3.51. The van der Waals surface area contributed by atoms with E-state index in [9.17, 15) is 0 Å².